The molecule has 1 nitrogen and oxygen atoms in total. The largest absolute Gasteiger partial charge is 0.317 e. The minimum atomic E-state index is -2.65. The van der Waals surface area contributed by atoms with E-state index in [1.807, 2.05) is 0 Å². The number of halogens is 2. The summed E-state index contributed by atoms with van der Waals surface area (Å²) in [7, 11) is 1.32. The molecule has 2 atom stereocenters. The van der Waals surface area contributed by atoms with E-state index in [9.17, 15) is 4.39 Å². The Kier molecular flexibility index (Phi) is 2.74. The van der Waals surface area contributed by atoms with Crippen LogP contribution in [0.2, 0.25) is 0 Å². The Hall–Kier alpha value is -0.600. The quantitative estimate of drug-likeness (QED) is 0.805. The van der Waals surface area contributed by atoms with Gasteiger partial charge in [-0.3, -0.25) is 0 Å². The van der Waals surface area contributed by atoms with Crippen LogP contribution in [0.5, 0.6) is 0 Å². The second-order valence-corrected chi connectivity index (χ2v) is 2.36. The van der Waals surface area contributed by atoms with E-state index in [-0.39, 0.29) is 18.0 Å². The first-order valence-electron chi connectivity index (χ1n) is 6.17. The molecule has 0 aromatic heterocycles. The topological polar surface area (TPSA) is 12.0 Å². The molecule has 3 heteroatoms. The SMILES string of the molecule is Cl.[2H]C(c1ccc(F)cc1)C([2H])(NC)C([2H])([2H])[2H]. The maximum absolute atomic E-state index is 12.7. The predicted octanol–water partition coefficient (Wildman–Crippen LogP) is 2.40. The van der Waals surface area contributed by atoms with Gasteiger partial charge in [-0.2, -0.15) is 0 Å². The van der Waals surface area contributed by atoms with E-state index in [4.69, 9.17) is 6.85 Å². The maximum Gasteiger partial charge on any atom is 0.123 e. The van der Waals surface area contributed by atoms with E-state index in [1.54, 1.807) is 0 Å². The second-order valence-electron chi connectivity index (χ2n) is 2.36. The van der Waals surface area contributed by atoms with Crippen molar-refractivity contribution < 1.29 is 11.2 Å². The smallest absolute Gasteiger partial charge is 0.123 e. The van der Waals surface area contributed by atoms with Crippen molar-refractivity contribution in [2.24, 2.45) is 0 Å². The fourth-order valence-electron chi connectivity index (χ4n) is 0.798. The Morgan fingerprint density at radius 3 is 2.69 bits per heavy atom. The summed E-state index contributed by atoms with van der Waals surface area (Å²) < 4.78 is 50.3. The highest BCUT2D eigenvalue weighted by atomic mass is 35.5. The van der Waals surface area contributed by atoms with Gasteiger partial charge in [0.2, 0.25) is 0 Å². The highest BCUT2D eigenvalue weighted by Gasteiger charge is 1.99. The van der Waals surface area contributed by atoms with E-state index < -0.39 is 25.1 Å². The van der Waals surface area contributed by atoms with Crippen molar-refractivity contribution in [3.63, 3.8) is 0 Å². The Labute approximate surface area is 91.8 Å². The molecular weight excluding hydrogens is 189 g/mol. The van der Waals surface area contributed by atoms with Crippen LogP contribution in [0.1, 0.15) is 19.3 Å². The normalized spacial score (nSPS) is 23.4. The first-order chi connectivity index (χ1) is 7.72. The zero-order chi connectivity index (χ0) is 13.3. The Morgan fingerprint density at radius 2 is 2.23 bits per heavy atom. The van der Waals surface area contributed by atoms with Crippen LogP contribution in [0.15, 0.2) is 24.3 Å². The molecule has 0 aliphatic heterocycles. The van der Waals surface area contributed by atoms with E-state index in [0.29, 0.717) is 0 Å². The number of likely N-dealkylation sites (N-methyl/N-ethyl adjacent to an activating group) is 1. The number of nitrogens with one attached hydrogen (secondary N) is 1. The van der Waals surface area contributed by atoms with Gasteiger partial charge in [0.25, 0.3) is 0 Å². The lowest BCUT2D eigenvalue weighted by Gasteiger charge is -2.09. The number of rotatable bonds is 3. The van der Waals surface area contributed by atoms with Crippen LogP contribution in [0.3, 0.4) is 0 Å². The molecule has 0 amide bonds. The van der Waals surface area contributed by atoms with Crippen LogP contribution in [0.4, 0.5) is 4.39 Å². The molecule has 0 bridgehead atoms. The third kappa shape index (κ3) is 4.25. The lowest BCUT2D eigenvalue weighted by molar-refractivity contribution is 0.603. The molecule has 0 heterocycles. The summed E-state index contributed by atoms with van der Waals surface area (Å²) >= 11 is 0. The van der Waals surface area contributed by atoms with Crippen molar-refractivity contribution in [3.05, 3.63) is 35.6 Å². The van der Waals surface area contributed by atoms with Crippen LogP contribution in [0.25, 0.3) is 0 Å². The van der Waals surface area contributed by atoms with Crippen LogP contribution in [-0.2, 0) is 6.40 Å². The molecule has 2 unspecified atom stereocenters. The van der Waals surface area contributed by atoms with Crippen molar-refractivity contribution in [1.29, 1.82) is 0 Å². The summed E-state index contributed by atoms with van der Waals surface area (Å²) in [6.07, 6.45) is -1.33. The summed E-state index contributed by atoms with van der Waals surface area (Å²) in [6, 6.07) is 2.81. The van der Waals surface area contributed by atoms with Gasteiger partial charge in [-0.15, -0.1) is 12.4 Å². The molecule has 0 aliphatic carbocycles. The van der Waals surface area contributed by atoms with E-state index in [2.05, 4.69) is 5.32 Å². The number of benzene rings is 1. The molecule has 0 saturated carbocycles. The molecule has 0 aliphatic rings. The van der Waals surface area contributed by atoms with E-state index in [0.717, 1.165) is 12.1 Å². The molecule has 1 N–H and O–H groups in total. The first-order valence-corrected chi connectivity index (χ1v) is 3.59. The summed E-state index contributed by atoms with van der Waals surface area (Å²) in [4.78, 5) is 0. The minimum absolute atomic E-state index is 0. The third-order valence-corrected chi connectivity index (χ3v) is 1.45. The van der Waals surface area contributed by atoms with E-state index >= 15 is 0 Å². The van der Waals surface area contributed by atoms with Gasteiger partial charge in [-0.05, 0) is 38.0 Å². The Balaban J connectivity index is 0.00000289. The van der Waals surface area contributed by atoms with Crippen molar-refractivity contribution in [3.8, 4) is 0 Å². The lowest BCUT2D eigenvalue weighted by atomic mass is 10.1. The average molecular weight is 209 g/mol. The molecule has 13 heavy (non-hydrogen) atoms. The van der Waals surface area contributed by atoms with Gasteiger partial charge in [-0.1, -0.05) is 12.1 Å². The molecule has 0 saturated heterocycles. The van der Waals surface area contributed by atoms with Gasteiger partial charge in [0, 0.05) is 12.9 Å². The lowest BCUT2D eigenvalue weighted by Crippen LogP contribution is -2.23. The molecule has 0 radical (unpaired) electrons. The molecule has 1 aromatic rings. The number of hydrogen-bond donors (Lipinski definition) is 1. The van der Waals surface area contributed by atoms with Gasteiger partial charge >= 0.3 is 0 Å². The molecule has 0 spiro atoms. The summed E-state index contributed by atoms with van der Waals surface area (Å²) in [6.45, 7) is -2.65. The highest BCUT2D eigenvalue weighted by Crippen LogP contribution is 2.05. The van der Waals surface area contributed by atoms with Gasteiger partial charge < -0.3 is 5.32 Å². The fourth-order valence-corrected chi connectivity index (χ4v) is 0.798. The summed E-state index contributed by atoms with van der Waals surface area (Å²) in [5, 5.41) is 2.35. The molecule has 74 valence electrons. The second kappa shape index (κ2) is 5.95. The minimum Gasteiger partial charge on any atom is -0.317 e. The molecule has 1 aromatic carbocycles. The van der Waals surface area contributed by atoms with Crippen molar-refractivity contribution >= 4 is 12.4 Å². The monoisotopic (exact) mass is 208 g/mol. The zero-order valence-electron chi connectivity index (χ0n) is 12.2. The predicted molar refractivity (Wildman–Crippen MR) is 55.9 cm³/mol. The Bertz CT molecular complexity index is 383. The first kappa shape index (κ1) is 5.99. The standard InChI is InChI=1S/C10H14FN.ClH/c1-8(12-2)7-9-3-5-10(11)6-4-9;/h3-6,8,12H,7H2,1-2H3;1H/i1D3,7D,8D;. The molecule has 0 fully saturated rings. The zero-order valence-corrected chi connectivity index (χ0v) is 7.99. The average Bonchev–Trinajstić information content (AvgIpc) is 2.26. The van der Waals surface area contributed by atoms with E-state index in [1.165, 1.54) is 19.2 Å². The van der Waals surface area contributed by atoms with Crippen LogP contribution >= 0.6 is 12.4 Å². The van der Waals surface area contributed by atoms with Crippen molar-refractivity contribution in [1.82, 2.24) is 5.32 Å². The Morgan fingerprint density at radius 1 is 1.62 bits per heavy atom. The van der Waals surface area contributed by atoms with Crippen molar-refractivity contribution in [2.45, 2.75) is 19.3 Å². The van der Waals surface area contributed by atoms with Gasteiger partial charge in [-0.25, -0.2) is 4.39 Å². The highest BCUT2D eigenvalue weighted by molar-refractivity contribution is 5.85. The fraction of sp³-hybridized carbons (Fsp3) is 0.400. The van der Waals surface area contributed by atoms with Crippen LogP contribution in [-0.4, -0.2) is 13.1 Å². The molecular formula is C10H15ClFN. The van der Waals surface area contributed by atoms with Gasteiger partial charge in [0.15, 0.2) is 0 Å². The van der Waals surface area contributed by atoms with Crippen molar-refractivity contribution in [2.75, 3.05) is 7.05 Å². The summed E-state index contributed by atoms with van der Waals surface area (Å²) in [5.41, 5.74) is 0.284. The van der Waals surface area contributed by atoms with Crippen LogP contribution < -0.4 is 5.32 Å². The number of hydrogen-bond acceptors (Lipinski definition) is 1. The van der Waals surface area contributed by atoms with Crippen LogP contribution in [0, 0.1) is 5.82 Å². The van der Waals surface area contributed by atoms with Gasteiger partial charge in [0.05, 0.1) is 0 Å². The summed E-state index contributed by atoms with van der Waals surface area (Å²) in [5.74, 6) is -0.463. The van der Waals surface area contributed by atoms with Gasteiger partial charge in [0.1, 0.15) is 5.82 Å². The molecule has 1 rings (SSSR count). The maximum atomic E-state index is 12.7. The third-order valence-electron chi connectivity index (χ3n) is 1.45.